The minimum atomic E-state index is -0.915. The maximum absolute atomic E-state index is 12.2. The molecule has 2 aromatic rings. The molecule has 0 heterocycles. The Morgan fingerprint density at radius 1 is 1.13 bits per heavy atom. The number of rotatable bonds is 4. The predicted octanol–water partition coefficient (Wildman–Crippen LogP) is 4.14. The summed E-state index contributed by atoms with van der Waals surface area (Å²) < 4.78 is 5.21. The second kappa shape index (κ2) is 7.29. The Labute approximate surface area is 140 Å². The fraction of sp³-hybridized carbons (Fsp3) is 0.222. The predicted molar refractivity (Wildman–Crippen MR) is 90.9 cm³/mol. The molecule has 5 heteroatoms. The van der Waals surface area contributed by atoms with Crippen LogP contribution in [0.15, 0.2) is 42.5 Å². The van der Waals surface area contributed by atoms with Crippen LogP contribution in [0.2, 0.25) is 5.02 Å². The second-order valence-corrected chi connectivity index (χ2v) is 5.80. The van der Waals surface area contributed by atoms with Gasteiger partial charge in [0.25, 0.3) is 5.91 Å². The zero-order chi connectivity index (χ0) is 17.0. The highest BCUT2D eigenvalue weighted by molar-refractivity contribution is 6.31. The highest BCUT2D eigenvalue weighted by Crippen LogP contribution is 2.20. The minimum Gasteiger partial charge on any atom is -0.449 e. The molecule has 0 aliphatic carbocycles. The van der Waals surface area contributed by atoms with Crippen LogP contribution in [0.5, 0.6) is 0 Å². The van der Waals surface area contributed by atoms with Gasteiger partial charge in [-0.3, -0.25) is 4.79 Å². The fourth-order valence-corrected chi connectivity index (χ4v) is 2.19. The summed E-state index contributed by atoms with van der Waals surface area (Å²) in [4.78, 5) is 24.2. The standard InChI is InChI=1S/C18H18ClNO3/c1-11-5-4-6-14(9-11)18(22)23-13(3)17(21)20-16-10-15(19)8-7-12(16)2/h4-10,13H,1-3H3,(H,20,21)/t13-/m0/s1. The van der Waals surface area contributed by atoms with Crippen molar-refractivity contribution in [3.05, 3.63) is 64.2 Å². The number of hydrogen-bond donors (Lipinski definition) is 1. The summed E-state index contributed by atoms with van der Waals surface area (Å²) in [6.45, 7) is 5.27. The molecule has 2 aromatic carbocycles. The Kier molecular flexibility index (Phi) is 5.40. The van der Waals surface area contributed by atoms with E-state index in [4.69, 9.17) is 16.3 Å². The largest absolute Gasteiger partial charge is 0.449 e. The average Bonchev–Trinajstić information content (AvgIpc) is 2.50. The molecule has 0 saturated carbocycles. The van der Waals surface area contributed by atoms with Gasteiger partial charge in [-0.25, -0.2) is 4.79 Å². The van der Waals surface area contributed by atoms with Crippen molar-refractivity contribution in [3.63, 3.8) is 0 Å². The normalized spacial score (nSPS) is 11.7. The van der Waals surface area contributed by atoms with Gasteiger partial charge in [-0.1, -0.05) is 35.4 Å². The lowest BCUT2D eigenvalue weighted by Gasteiger charge is -2.15. The summed E-state index contributed by atoms with van der Waals surface area (Å²) in [5.41, 5.74) is 2.84. The first-order chi connectivity index (χ1) is 10.9. The third kappa shape index (κ3) is 4.57. The van der Waals surface area contributed by atoms with E-state index < -0.39 is 18.0 Å². The van der Waals surface area contributed by atoms with Gasteiger partial charge in [-0.2, -0.15) is 0 Å². The number of ether oxygens (including phenoxy) is 1. The Bertz CT molecular complexity index is 743. The van der Waals surface area contributed by atoms with Crippen LogP contribution in [0.4, 0.5) is 5.69 Å². The van der Waals surface area contributed by atoms with E-state index in [0.717, 1.165) is 11.1 Å². The van der Waals surface area contributed by atoms with Crippen molar-refractivity contribution in [2.75, 3.05) is 5.32 Å². The highest BCUT2D eigenvalue weighted by atomic mass is 35.5. The smallest absolute Gasteiger partial charge is 0.338 e. The van der Waals surface area contributed by atoms with Crippen LogP contribution in [0.25, 0.3) is 0 Å². The van der Waals surface area contributed by atoms with Gasteiger partial charge in [0.05, 0.1) is 5.56 Å². The van der Waals surface area contributed by atoms with Crippen molar-refractivity contribution >= 4 is 29.2 Å². The van der Waals surface area contributed by atoms with Gasteiger partial charge in [0.2, 0.25) is 0 Å². The Morgan fingerprint density at radius 2 is 1.87 bits per heavy atom. The van der Waals surface area contributed by atoms with Crippen molar-refractivity contribution in [2.45, 2.75) is 26.9 Å². The topological polar surface area (TPSA) is 55.4 Å². The van der Waals surface area contributed by atoms with Crippen LogP contribution >= 0.6 is 11.6 Å². The van der Waals surface area contributed by atoms with Gasteiger partial charge >= 0.3 is 5.97 Å². The third-order valence-corrected chi connectivity index (χ3v) is 3.60. The molecule has 0 saturated heterocycles. The van der Waals surface area contributed by atoms with Gasteiger partial charge in [0, 0.05) is 10.7 Å². The van der Waals surface area contributed by atoms with E-state index in [1.165, 1.54) is 6.92 Å². The molecule has 0 unspecified atom stereocenters. The number of aryl methyl sites for hydroxylation is 2. The number of nitrogens with one attached hydrogen (secondary N) is 1. The summed E-state index contributed by atoms with van der Waals surface area (Å²) in [6, 6.07) is 12.2. The second-order valence-electron chi connectivity index (χ2n) is 5.37. The first kappa shape index (κ1) is 17.0. The molecule has 1 atom stereocenters. The van der Waals surface area contributed by atoms with Crippen LogP contribution in [-0.4, -0.2) is 18.0 Å². The lowest BCUT2D eigenvalue weighted by atomic mass is 10.1. The molecular weight excluding hydrogens is 314 g/mol. The van der Waals surface area contributed by atoms with Crippen LogP contribution in [0.3, 0.4) is 0 Å². The molecular formula is C18H18ClNO3. The first-order valence-corrected chi connectivity index (χ1v) is 7.59. The molecule has 23 heavy (non-hydrogen) atoms. The van der Waals surface area contributed by atoms with Crippen molar-refractivity contribution < 1.29 is 14.3 Å². The monoisotopic (exact) mass is 331 g/mol. The molecule has 0 aliphatic rings. The lowest BCUT2D eigenvalue weighted by Crippen LogP contribution is -2.30. The number of halogens is 1. The number of hydrogen-bond acceptors (Lipinski definition) is 3. The van der Waals surface area contributed by atoms with Crippen LogP contribution < -0.4 is 5.32 Å². The number of carbonyl (C=O) groups is 2. The summed E-state index contributed by atoms with van der Waals surface area (Å²) in [5.74, 6) is -0.935. The molecule has 1 amide bonds. The fourth-order valence-electron chi connectivity index (χ4n) is 2.02. The molecule has 0 fully saturated rings. The average molecular weight is 332 g/mol. The van der Waals surface area contributed by atoms with Gasteiger partial charge < -0.3 is 10.1 Å². The van der Waals surface area contributed by atoms with Gasteiger partial charge in [0.1, 0.15) is 0 Å². The number of carbonyl (C=O) groups excluding carboxylic acids is 2. The summed E-state index contributed by atoms with van der Waals surface area (Å²) >= 11 is 5.92. The van der Waals surface area contributed by atoms with E-state index in [1.807, 2.05) is 19.9 Å². The number of esters is 1. The van der Waals surface area contributed by atoms with E-state index >= 15 is 0 Å². The quantitative estimate of drug-likeness (QED) is 0.857. The third-order valence-electron chi connectivity index (χ3n) is 3.36. The molecule has 0 bridgehead atoms. The van der Waals surface area contributed by atoms with E-state index in [9.17, 15) is 9.59 Å². The molecule has 0 spiro atoms. The minimum absolute atomic E-state index is 0.406. The Balaban J connectivity index is 2.02. The molecule has 0 aliphatic heterocycles. The molecule has 0 radical (unpaired) electrons. The summed E-state index contributed by atoms with van der Waals surface area (Å²) in [7, 11) is 0. The lowest BCUT2D eigenvalue weighted by molar-refractivity contribution is -0.123. The number of amides is 1. The van der Waals surface area contributed by atoms with Crippen LogP contribution in [-0.2, 0) is 9.53 Å². The maximum Gasteiger partial charge on any atom is 0.338 e. The van der Waals surface area contributed by atoms with E-state index in [1.54, 1.807) is 36.4 Å². The Hall–Kier alpha value is -2.33. The zero-order valence-electron chi connectivity index (χ0n) is 13.2. The molecule has 0 aromatic heterocycles. The van der Waals surface area contributed by atoms with Gasteiger partial charge in [-0.15, -0.1) is 0 Å². The maximum atomic E-state index is 12.2. The van der Waals surface area contributed by atoms with E-state index in [-0.39, 0.29) is 0 Å². The highest BCUT2D eigenvalue weighted by Gasteiger charge is 2.19. The van der Waals surface area contributed by atoms with E-state index in [2.05, 4.69) is 5.32 Å². The molecule has 2 rings (SSSR count). The number of benzene rings is 2. The molecule has 1 N–H and O–H groups in total. The van der Waals surface area contributed by atoms with Crippen molar-refractivity contribution in [2.24, 2.45) is 0 Å². The van der Waals surface area contributed by atoms with Crippen LogP contribution in [0, 0.1) is 13.8 Å². The van der Waals surface area contributed by atoms with Crippen molar-refractivity contribution in [1.82, 2.24) is 0 Å². The molecule has 4 nitrogen and oxygen atoms in total. The molecule has 120 valence electrons. The van der Waals surface area contributed by atoms with Gasteiger partial charge in [0.15, 0.2) is 6.10 Å². The van der Waals surface area contributed by atoms with Crippen molar-refractivity contribution in [3.8, 4) is 0 Å². The van der Waals surface area contributed by atoms with Gasteiger partial charge in [-0.05, 0) is 50.6 Å². The zero-order valence-corrected chi connectivity index (χ0v) is 14.0. The SMILES string of the molecule is Cc1cccc(C(=O)O[C@@H](C)C(=O)Nc2cc(Cl)ccc2C)c1. The number of anilines is 1. The van der Waals surface area contributed by atoms with E-state index in [0.29, 0.717) is 16.3 Å². The Morgan fingerprint density at radius 3 is 2.57 bits per heavy atom. The first-order valence-electron chi connectivity index (χ1n) is 7.21. The van der Waals surface area contributed by atoms with Crippen LogP contribution in [0.1, 0.15) is 28.4 Å². The summed E-state index contributed by atoms with van der Waals surface area (Å²) in [6.07, 6.45) is -0.915. The van der Waals surface area contributed by atoms with Crippen molar-refractivity contribution in [1.29, 1.82) is 0 Å². The summed E-state index contributed by atoms with van der Waals surface area (Å²) in [5, 5.41) is 3.24.